The highest BCUT2D eigenvalue weighted by Crippen LogP contribution is 2.59. The van der Waals surface area contributed by atoms with Crippen molar-refractivity contribution < 1.29 is 14.7 Å². The summed E-state index contributed by atoms with van der Waals surface area (Å²) in [5.74, 6) is -1.10. The minimum absolute atomic E-state index is 0.0558. The van der Waals surface area contributed by atoms with Crippen LogP contribution >= 0.6 is 0 Å². The zero-order valence-corrected chi connectivity index (χ0v) is 19.8. The zero-order chi connectivity index (χ0) is 24.7. The standard InChI is InChI=1S/C30H27N3O3/c34-28(35)18-30(29(36)32-26-10-9-23-3-1-2-4-25(23)26)17-27(30)33-16-13-24(19-33)21-7-5-20(6-8-21)22-11-14-31-15-12-22/h1-8,11-16,19,26-27H,9-10,17-18H2,(H,32,36)(H,34,35). The smallest absolute Gasteiger partial charge is 0.304 e. The van der Waals surface area contributed by atoms with E-state index in [2.05, 4.69) is 46.7 Å². The van der Waals surface area contributed by atoms with Crippen LogP contribution in [0.5, 0.6) is 0 Å². The summed E-state index contributed by atoms with van der Waals surface area (Å²) in [5.41, 5.74) is 5.82. The molecule has 0 aliphatic heterocycles. The maximum atomic E-state index is 13.5. The average molecular weight is 478 g/mol. The molecule has 2 aliphatic carbocycles. The Morgan fingerprint density at radius 3 is 2.39 bits per heavy atom. The molecular formula is C30H27N3O3. The van der Waals surface area contributed by atoms with Gasteiger partial charge >= 0.3 is 5.97 Å². The number of aryl methyl sites for hydroxylation is 1. The summed E-state index contributed by atoms with van der Waals surface area (Å²) in [6.07, 6.45) is 9.67. The van der Waals surface area contributed by atoms with Crippen LogP contribution in [0.15, 0.2) is 91.5 Å². The number of rotatable bonds is 7. The highest BCUT2D eigenvalue weighted by Gasteiger charge is 2.62. The Bertz CT molecular complexity index is 1430. The van der Waals surface area contributed by atoms with Gasteiger partial charge in [0.05, 0.1) is 17.9 Å². The topological polar surface area (TPSA) is 84.2 Å². The van der Waals surface area contributed by atoms with Crippen molar-refractivity contribution in [3.8, 4) is 22.3 Å². The normalized spacial score (nSPS) is 22.1. The van der Waals surface area contributed by atoms with Crippen molar-refractivity contribution in [2.75, 3.05) is 0 Å². The molecule has 4 aromatic rings. The van der Waals surface area contributed by atoms with E-state index in [1.165, 1.54) is 5.56 Å². The Morgan fingerprint density at radius 1 is 0.944 bits per heavy atom. The van der Waals surface area contributed by atoms with Crippen molar-refractivity contribution in [1.29, 1.82) is 0 Å². The molecule has 1 saturated carbocycles. The van der Waals surface area contributed by atoms with Gasteiger partial charge in [0, 0.05) is 30.8 Å². The van der Waals surface area contributed by atoms with E-state index in [4.69, 9.17) is 0 Å². The van der Waals surface area contributed by atoms with E-state index in [9.17, 15) is 14.7 Å². The molecule has 36 heavy (non-hydrogen) atoms. The summed E-state index contributed by atoms with van der Waals surface area (Å²) < 4.78 is 2.01. The number of pyridine rings is 1. The summed E-state index contributed by atoms with van der Waals surface area (Å²) in [7, 11) is 0. The van der Waals surface area contributed by atoms with Crippen molar-refractivity contribution in [3.05, 3.63) is 103 Å². The zero-order valence-electron chi connectivity index (χ0n) is 19.8. The lowest BCUT2D eigenvalue weighted by atomic mass is 9.98. The molecule has 2 aliphatic rings. The van der Waals surface area contributed by atoms with E-state index in [0.717, 1.165) is 40.7 Å². The third-order valence-electron chi connectivity index (χ3n) is 7.70. The Balaban J connectivity index is 1.20. The molecule has 180 valence electrons. The fourth-order valence-electron chi connectivity index (χ4n) is 5.65. The Labute approximate surface area is 209 Å². The van der Waals surface area contributed by atoms with Crippen LogP contribution in [0.1, 0.15) is 42.5 Å². The number of carboxylic acids is 1. The quantitative estimate of drug-likeness (QED) is 0.372. The molecule has 2 heterocycles. The molecule has 1 fully saturated rings. The fourth-order valence-corrected chi connectivity index (χ4v) is 5.65. The number of nitrogens with zero attached hydrogens (tertiary/aromatic N) is 2. The minimum atomic E-state index is -0.946. The van der Waals surface area contributed by atoms with Gasteiger partial charge in [-0.3, -0.25) is 14.6 Å². The van der Waals surface area contributed by atoms with Gasteiger partial charge in [-0.2, -0.15) is 0 Å². The summed E-state index contributed by atoms with van der Waals surface area (Å²) in [6.45, 7) is 0. The Kier molecular flexibility index (Phi) is 5.44. The van der Waals surface area contributed by atoms with Gasteiger partial charge in [-0.15, -0.1) is 0 Å². The number of carbonyl (C=O) groups is 2. The van der Waals surface area contributed by atoms with Crippen LogP contribution in [0.25, 0.3) is 22.3 Å². The maximum Gasteiger partial charge on any atom is 0.304 e. The van der Waals surface area contributed by atoms with Crippen molar-refractivity contribution in [1.82, 2.24) is 14.9 Å². The third-order valence-corrected chi connectivity index (χ3v) is 7.70. The van der Waals surface area contributed by atoms with Crippen molar-refractivity contribution in [2.24, 2.45) is 5.41 Å². The van der Waals surface area contributed by atoms with Gasteiger partial charge in [0.2, 0.25) is 5.91 Å². The second kappa shape index (κ2) is 8.79. The lowest BCUT2D eigenvalue weighted by Crippen LogP contribution is -2.37. The number of nitrogens with one attached hydrogen (secondary N) is 1. The van der Waals surface area contributed by atoms with Gasteiger partial charge in [-0.25, -0.2) is 0 Å². The largest absolute Gasteiger partial charge is 0.481 e. The number of aliphatic carboxylic acids is 1. The molecule has 3 unspecified atom stereocenters. The van der Waals surface area contributed by atoms with E-state index in [1.54, 1.807) is 12.4 Å². The highest BCUT2D eigenvalue weighted by molar-refractivity contribution is 5.91. The van der Waals surface area contributed by atoms with E-state index < -0.39 is 11.4 Å². The first kappa shape index (κ1) is 22.3. The lowest BCUT2D eigenvalue weighted by Gasteiger charge is -2.20. The third kappa shape index (κ3) is 3.98. The molecule has 2 aromatic carbocycles. The van der Waals surface area contributed by atoms with Gasteiger partial charge in [0.1, 0.15) is 0 Å². The first-order valence-corrected chi connectivity index (χ1v) is 12.3. The summed E-state index contributed by atoms with van der Waals surface area (Å²) in [5, 5.41) is 12.8. The summed E-state index contributed by atoms with van der Waals surface area (Å²) >= 11 is 0. The molecule has 0 bridgehead atoms. The Hall–Kier alpha value is -4.19. The van der Waals surface area contributed by atoms with Crippen molar-refractivity contribution in [3.63, 3.8) is 0 Å². The first-order valence-electron chi connectivity index (χ1n) is 12.3. The van der Waals surface area contributed by atoms with Crippen LogP contribution in [0, 0.1) is 5.41 Å². The predicted octanol–water partition coefficient (Wildman–Crippen LogP) is 5.43. The first-order chi connectivity index (χ1) is 17.5. The van der Waals surface area contributed by atoms with E-state index >= 15 is 0 Å². The van der Waals surface area contributed by atoms with Gasteiger partial charge in [-0.1, -0.05) is 48.5 Å². The number of hydrogen-bond donors (Lipinski definition) is 2. The van der Waals surface area contributed by atoms with Crippen molar-refractivity contribution in [2.45, 2.75) is 37.8 Å². The number of carbonyl (C=O) groups excluding carboxylic acids is 1. The van der Waals surface area contributed by atoms with Crippen molar-refractivity contribution >= 4 is 11.9 Å². The molecule has 0 spiro atoms. The molecule has 2 aromatic heterocycles. The fraction of sp³-hybridized carbons (Fsp3) is 0.233. The van der Waals surface area contributed by atoms with Gasteiger partial charge in [0.25, 0.3) is 0 Å². The number of benzene rings is 2. The molecule has 3 atom stereocenters. The van der Waals surface area contributed by atoms with E-state index in [-0.39, 0.29) is 24.4 Å². The van der Waals surface area contributed by atoms with Crippen LogP contribution in [0.4, 0.5) is 0 Å². The molecular weight excluding hydrogens is 450 g/mol. The number of carboxylic acid groups (broad SMARTS) is 1. The molecule has 6 heteroatoms. The monoisotopic (exact) mass is 477 g/mol. The molecule has 6 nitrogen and oxygen atoms in total. The number of amides is 1. The second-order valence-electron chi connectivity index (χ2n) is 9.87. The predicted molar refractivity (Wildman–Crippen MR) is 137 cm³/mol. The minimum Gasteiger partial charge on any atom is -0.481 e. The van der Waals surface area contributed by atoms with Gasteiger partial charge in [0.15, 0.2) is 0 Å². The lowest BCUT2D eigenvalue weighted by molar-refractivity contribution is -0.142. The molecule has 1 amide bonds. The van der Waals surface area contributed by atoms with Gasteiger partial charge < -0.3 is 15.0 Å². The second-order valence-corrected chi connectivity index (χ2v) is 9.87. The highest BCUT2D eigenvalue weighted by atomic mass is 16.4. The maximum absolute atomic E-state index is 13.5. The molecule has 2 N–H and O–H groups in total. The number of fused-ring (bicyclic) bond motifs is 1. The SMILES string of the molecule is O=C(O)CC1(C(=O)NC2CCc3ccccc32)CC1n1ccc(-c2ccc(-c3ccncc3)cc2)c1. The van der Waals surface area contributed by atoms with E-state index in [1.807, 2.05) is 47.3 Å². The summed E-state index contributed by atoms with van der Waals surface area (Å²) in [4.78, 5) is 29.3. The summed E-state index contributed by atoms with van der Waals surface area (Å²) in [6, 6.07) is 22.2. The number of aromatic nitrogens is 2. The van der Waals surface area contributed by atoms with E-state index in [0.29, 0.717) is 6.42 Å². The molecule has 0 radical (unpaired) electrons. The molecule has 6 rings (SSSR count). The van der Waals surface area contributed by atoms with Crippen LogP contribution in [-0.2, 0) is 16.0 Å². The van der Waals surface area contributed by atoms with Crippen LogP contribution in [0.3, 0.4) is 0 Å². The van der Waals surface area contributed by atoms with Crippen LogP contribution < -0.4 is 5.32 Å². The molecule has 0 saturated heterocycles. The average Bonchev–Trinajstić information content (AvgIpc) is 3.23. The van der Waals surface area contributed by atoms with Gasteiger partial charge in [-0.05, 0) is 70.8 Å². The number of hydrogen-bond acceptors (Lipinski definition) is 3. The Morgan fingerprint density at radius 2 is 1.64 bits per heavy atom. The van der Waals surface area contributed by atoms with Crippen LogP contribution in [0.2, 0.25) is 0 Å². The van der Waals surface area contributed by atoms with Crippen LogP contribution in [-0.4, -0.2) is 26.5 Å².